The van der Waals surface area contributed by atoms with Crippen molar-refractivity contribution >= 4 is 28.8 Å². The molecule has 0 atom stereocenters. The zero-order chi connectivity index (χ0) is 15.8. The number of halogens is 4. The second-order valence-electron chi connectivity index (χ2n) is 4.63. The van der Waals surface area contributed by atoms with Crippen molar-refractivity contribution in [1.29, 1.82) is 0 Å². The highest BCUT2D eigenvalue weighted by Gasteiger charge is 2.32. The third kappa shape index (κ3) is 3.21. The molecule has 2 N–H and O–H groups in total. The maximum Gasteiger partial charge on any atom is 0.433 e. The summed E-state index contributed by atoms with van der Waals surface area (Å²) in [6, 6.07) is 7.13. The Bertz CT molecular complexity index is 671. The van der Waals surface area contributed by atoms with Crippen molar-refractivity contribution in [2.24, 2.45) is 0 Å². The van der Waals surface area contributed by atoms with E-state index < -0.39 is 11.9 Å². The molecule has 0 bridgehead atoms. The molecule has 0 amide bonds. The summed E-state index contributed by atoms with van der Waals surface area (Å²) < 4.78 is 38.1. The van der Waals surface area contributed by atoms with Crippen LogP contribution in [-0.4, -0.2) is 12.0 Å². The summed E-state index contributed by atoms with van der Waals surface area (Å²) in [5.74, 6) is 0.136. The predicted molar refractivity (Wildman–Crippen MR) is 77.9 cm³/mol. The first kappa shape index (κ1) is 15.4. The summed E-state index contributed by atoms with van der Waals surface area (Å²) >= 11 is 6.12. The van der Waals surface area contributed by atoms with Gasteiger partial charge in [0.2, 0.25) is 0 Å². The molecule has 3 nitrogen and oxygen atoms in total. The van der Waals surface area contributed by atoms with Crippen LogP contribution in [0.25, 0.3) is 0 Å². The highest BCUT2D eigenvalue weighted by molar-refractivity contribution is 6.36. The van der Waals surface area contributed by atoms with Crippen LogP contribution in [0.3, 0.4) is 0 Å². The SMILES string of the molecule is Cc1cc(N)c(Cl)c(N(C)c2cccc(C(F)(F)F)n2)c1. The third-order valence-electron chi connectivity index (χ3n) is 2.96. The van der Waals surface area contributed by atoms with Gasteiger partial charge < -0.3 is 10.6 Å². The van der Waals surface area contributed by atoms with E-state index in [1.165, 1.54) is 17.0 Å². The van der Waals surface area contributed by atoms with E-state index in [2.05, 4.69) is 4.98 Å². The molecular weight excluding hydrogens is 303 g/mol. The highest BCUT2D eigenvalue weighted by atomic mass is 35.5. The fourth-order valence-corrected chi connectivity index (χ4v) is 2.15. The van der Waals surface area contributed by atoms with Gasteiger partial charge >= 0.3 is 6.18 Å². The predicted octanol–water partition coefficient (Wildman–Crippen LogP) is 4.41. The first-order chi connectivity index (χ1) is 9.70. The second kappa shape index (κ2) is 5.44. The fraction of sp³-hybridized carbons (Fsp3) is 0.214. The molecule has 0 saturated heterocycles. The zero-order valence-corrected chi connectivity index (χ0v) is 12.1. The first-order valence-corrected chi connectivity index (χ1v) is 6.41. The molecule has 0 aliphatic heterocycles. The number of rotatable bonds is 2. The van der Waals surface area contributed by atoms with Gasteiger partial charge in [0, 0.05) is 7.05 Å². The number of hydrogen-bond acceptors (Lipinski definition) is 3. The molecule has 1 aromatic carbocycles. The largest absolute Gasteiger partial charge is 0.433 e. The molecule has 21 heavy (non-hydrogen) atoms. The molecule has 2 aromatic rings. The first-order valence-electron chi connectivity index (χ1n) is 6.03. The summed E-state index contributed by atoms with van der Waals surface area (Å²) in [6.07, 6.45) is -4.49. The third-order valence-corrected chi connectivity index (χ3v) is 3.37. The standard InChI is InChI=1S/C14H13ClF3N3/c1-8-6-9(19)13(15)10(7-8)21(2)12-5-3-4-11(20-12)14(16,17)18/h3-7H,19H2,1-2H3. The van der Waals surface area contributed by atoms with Gasteiger partial charge in [0.1, 0.15) is 11.5 Å². The van der Waals surface area contributed by atoms with E-state index in [9.17, 15) is 13.2 Å². The molecule has 0 aliphatic carbocycles. The highest BCUT2D eigenvalue weighted by Crippen LogP contribution is 2.36. The number of aryl methyl sites for hydroxylation is 1. The fourth-order valence-electron chi connectivity index (χ4n) is 1.91. The number of nitrogens with zero attached hydrogens (tertiary/aromatic N) is 2. The molecule has 0 spiro atoms. The molecule has 1 aromatic heterocycles. The normalized spacial score (nSPS) is 11.5. The zero-order valence-electron chi connectivity index (χ0n) is 11.4. The Morgan fingerprint density at radius 2 is 1.90 bits per heavy atom. The van der Waals surface area contributed by atoms with Crippen molar-refractivity contribution in [3.05, 3.63) is 46.6 Å². The van der Waals surface area contributed by atoms with Crippen LogP contribution in [0.1, 0.15) is 11.3 Å². The summed E-state index contributed by atoms with van der Waals surface area (Å²) in [5.41, 5.74) is 6.54. The number of anilines is 3. The van der Waals surface area contributed by atoms with Crippen LogP contribution < -0.4 is 10.6 Å². The van der Waals surface area contributed by atoms with Gasteiger partial charge in [0.25, 0.3) is 0 Å². The topological polar surface area (TPSA) is 42.1 Å². The summed E-state index contributed by atoms with van der Waals surface area (Å²) in [7, 11) is 1.59. The van der Waals surface area contributed by atoms with E-state index >= 15 is 0 Å². The van der Waals surface area contributed by atoms with Gasteiger partial charge in [-0.25, -0.2) is 4.98 Å². The van der Waals surface area contributed by atoms with Crippen LogP contribution in [0.15, 0.2) is 30.3 Å². The van der Waals surface area contributed by atoms with Gasteiger partial charge in [0.05, 0.1) is 16.4 Å². The quantitative estimate of drug-likeness (QED) is 0.835. The molecule has 0 saturated carbocycles. The Labute approximate surface area is 125 Å². The van der Waals surface area contributed by atoms with Crippen molar-refractivity contribution in [1.82, 2.24) is 4.98 Å². The lowest BCUT2D eigenvalue weighted by Gasteiger charge is -2.22. The second-order valence-corrected chi connectivity index (χ2v) is 5.00. The lowest BCUT2D eigenvalue weighted by atomic mass is 10.2. The van der Waals surface area contributed by atoms with E-state index in [-0.39, 0.29) is 10.8 Å². The van der Waals surface area contributed by atoms with E-state index in [0.717, 1.165) is 11.6 Å². The van der Waals surface area contributed by atoms with Gasteiger partial charge in [-0.2, -0.15) is 13.2 Å². The molecule has 7 heteroatoms. The summed E-state index contributed by atoms with van der Waals surface area (Å²) in [4.78, 5) is 5.10. The molecule has 112 valence electrons. The van der Waals surface area contributed by atoms with E-state index in [4.69, 9.17) is 17.3 Å². The Morgan fingerprint density at radius 3 is 2.52 bits per heavy atom. The number of aromatic nitrogens is 1. The van der Waals surface area contributed by atoms with Crippen LogP contribution in [0.4, 0.5) is 30.4 Å². The van der Waals surface area contributed by atoms with Gasteiger partial charge in [-0.1, -0.05) is 17.7 Å². The number of nitrogens with two attached hydrogens (primary N) is 1. The van der Waals surface area contributed by atoms with Crippen LogP contribution >= 0.6 is 11.6 Å². The molecule has 1 heterocycles. The number of hydrogen-bond donors (Lipinski definition) is 1. The van der Waals surface area contributed by atoms with Crippen LogP contribution in [0.2, 0.25) is 5.02 Å². The number of benzene rings is 1. The average Bonchev–Trinajstić information content (AvgIpc) is 2.41. The average molecular weight is 316 g/mol. The number of alkyl halides is 3. The lowest BCUT2D eigenvalue weighted by Crippen LogP contribution is -2.15. The van der Waals surface area contributed by atoms with Crippen molar-refractivity contribution in [2.75, 3.05) is 17.7 Å². The van der Waals surface area contributed by atoms with Crippen molar-refractivity contribution < 1.29 is 13.2 Å². The lowest BCUT2D eigenvalue weighted by molar-refractivity contribution is -0.141. The minimum absolute atomic E-state index is 0.136. The molecule has 0 radical (unpaired) electrons. The van der Waals surface area contributed by atoms with Crippen LogP contribution in [0.5, 0.6) is 0 Å². The number of pyridine rings is 1. The van der Waals surface area contributed by atoms with Crippen molar-refractivity contribution in [3.8, 4) is 0 Å². The Morgan fingerprint density at radius 1 is 1.24 bits per heavy atom. The van der Waals surface area contributed by atoms with Crippen LogP contribution in [-0.2, 0) is 6.18 Å². The molecule has 0 fully saturated rings. The van der Waals surface area contributed by atoms with Gasteiger partial charge in [-0.05, 0) is 36.8 Å². The minimum Gasteiger partial charge on any atom is -0.397 e. The van der Waals surface area contributed by atoms with Crippen LogP contribution in [0, 0.1) is 6.92 Å². The maximum atomic E-state index is 12.7. The monoisotopic (exact) mass is 315 g/mol. The molecule has 0 unspecified atom stereocenters. The number of nitrogen functional groups attached to an aromatic ring is 1. The molecular formula is C14H13ClF3N3. The van der Waals surface area contributed by atoms with Gasteiger partial charge in [-0.15, -0.1) is 0 Å². The molecule has 0 aliphatic rings. The Balaban J connectivity index is 2.48. The van der Waals surface area contributed by atoms with E-state index in [1.54, 1.807) is 19.2 Å². The van der Waals surface area contributed by atoms with E-state index in [0.29, 0.717) is 11.4 Å². The Kier molecular flexibility index (Phi) is 4.00. The molecule has 2 rings (SSSR count). The minimum atomic E-state index is -4.49. The summed E-state index contributed by atoms with van der Waals surface area (Å²) in [5, 5.41) is 0.280. The van der Waals surface area contributed by atoms with Crippen molar-refractivity contribution in [2.45, 2.75) is 13.1 Å². The summed E-state index contributed by atoms with van der Waals surface area (Å²) in [6.45, 7) is 1.82. The van der Waals surface area contributed by atoms with E-state index in [1.807, 2.05) is 6.92 Å². The smallest absolute Gasteiger partial charge is 0.397 e. The Hall–Kier alpha value is -1.95. The van der Waals surface area contributed by atoms with Crippen molar-refractivity contribution in [3.63, 3.8) is 0 Å². The van der Waals surface area contributed by atoms with Gasteiger partial charge in [0.15, 0.2) is 0 Å². The van der Waals surface area contributed by atoms with Gasteiger partial charge in [-0.3, -0.25) is 0 Å². The maximum absolute atomic E-state index is 12.7.